The lowest BCUT2D eigenvalue weighted by Gasteiger charge is -2.12. The van der Waals surface area contributed by atoms with Gasteiger partial charge >= 0.3 is 18.1 Å². The van der Waals surface area contributed by atoms with Crippen LogP contribution in [0.25, 0.3) is 0 Å². The number of methoxy groups -OCH3 is 1. The maximum absolute atomic E-state index is 12.6. The first-order valence-corrected chi connectivity index (χ1v) is 6.54. The van der Waals surface area contributed by atoms with E-state index >= 15 is 0 Å². The number of benzene rings is 1. The Kier molecular flexibility index (Phi) is 6.18. The molecule has 0 aromatic heterocycles. The Bertz CT molecular complexity index is 611. The van der Waals surface area contributed by atoms with E-state index in [-0.39, 0.29) is 11.4 Å². The summed E-state index contributed by atoms with van der Waals surface area (Å²) in [7, 11) is 1.16. The Labute approximate surface area is 131 Å². The number of nitrogens with one attached hydrogen (secondary N) is 1. The van der Waals surface area contributed by atoms with Gasteiger partial charge in [-0.1, -0.05) is 6.07 Å². The molecule has 0 bridgehead atoms. The van der Waals surface area contributed by atoms with E-state index in [2.05, 4.69) is 10.1 Å². The maximum Gasteiger partial charge on any atom is 0.416 e. The molecule has 1 N–H and O–H groups in total. The number of anilines is 1. The monoisotopic (exact) mass is 331 g/mol. The highest BCUT2D eigenvalue weighted by Crippen LogP contribution is 2.30. The number of rotatable bonds is 5. The highest BCUT2D eigenvalue weighted by Gasteiger charge is 2.30. The van der Waals surface area contributed by atoms with Crippen LogP contribution in [0.1, 0.15) is 19.4 Å². The average molecular weight is 331 g/mol. The van der Waals surface area contributed by atoms with Crippen LogP contribution < -0.4 is 5.32 Å². The molecule has 23 heavy (non-hydrogen) atoms. The van der Waals surface area contributed by atoms with E-state index in [0.717, 1.165) is 25.3 Å². The Balaban J connectivity index is 2.73. The molecule has 1 aromatic rings. The van der Waals surface area contributed by atoms with Crippen molar-refractivity contribution in [3.05, 3.63) is 41.6 Å². The number of ether oxygens (including phenoxy) is 2. The lowest BCUT2D eigenvalue weighted by atomic mass is 10.2. The zero-order valence-corrected chi connectivity index (χ0v) is 12.7. The summed E-state index contributed by atoms with van der Waals surface area (Å²) in [5, 5.41) is 2.65. The Morgan fingerprint density at radius 1 is 1.30 bits per heavy atom. The first-order valence-electron chi connectivity index (χ1n) is 6.54. The van der Waals surface area contributed by atoms with Gasteiger partial charge in [0.05, 0.1) is 12.7 Å². The summed E-state index contributed by atoms with van der Waals surface area (Å²) in [6.07, 6.45) is -4.51. The third-order valence-electron chi connectivity index (χ3n) is 2.69. The molecule has 5 nitrogen and oxygen atoms in total. The van der Waals surface area contributed by atoms with Crippen molar-refractivity contribution in [3.8, 4) is 0 Å². The quantitative estimate of drug-likeness (QED) is 0.663. The summed E-state index contributed by atoms with van der Waals surface area (Å²) >= 11 is 0. The Morgan fingerprint density at radius 2 is 1.96 bits per heavy atom. The minimum Gasteiger partial charge on any atom is -0.466 e. The number of esters is 2. The van der Waals surface area contributed by atoms with Gasteiger partial charge < -0.3 is 14.8 Å². The van der Waals surface area contributed by atoms with Crippen LogP contribution in [0.5, 0.6) is 0 Å². The zero-order chi connectivity index (χ0) is 17.6. The number of alkyl halides is 3. The minimum atomic E-state index is -4.45. The van der Waals surface area contributed by atoms with E-state index in [4.69, 9.17) is 4.74 Å². The van der Waals surface area contributed by atoms with E-state index in [1.165, 1.54) is 26.0 Å². The third-order valence-corrected chi connectivity index (χ3v) is 2.69. The largest absolute Gasteiger partial charge is 0.466 e. The van der Waals surface area contributed by atoms with Crippen LogP contribution >= 0.6 is 0 Å². The van der Waals surface area contributed by atoms with Gasteiger partial charge in [-0.25, -0.2) is 9.59 Å². The first kappa shape index (κ1) is 18.5. The second-order valence-electron chi connectivity index (χ2n) is 4.63. The van der Waals surface area contributed by atoms with Gasteiger partial charge in [-0.2, -0.15) is 13.2 Å². The van der Waals surface area contributed by atoms with E-state index in [1.807, 2.05) is 0 Å². The van der Waals surface area contributed by atoms with Crippen molar-refractivity contribution in [2.75, 3.05) is 12.4 Å². The van der Waals surface area contributed by atoms with Crippen LogP contribution in [0.2, 0.25) is 0 Å². The van der Waals surface area contributed by atoms with Crippen LogP contribution in [0.3, 0.4) is 0 Å². The maximum atomic E-state index is 12.6. The summed E-state index contributed by atoms with van der Waals surface area (Å²) in [6.45, 7) is 2.82. The molecule has 0 amide bonds. The lowest BCUT2D eigenvalue weighted by Crippen LogP contribution is -2.24. The number of carbonyl (C=O) groups is 2. The van der Waals surface area contributed by atoms with Crippen LogP contribution in [0, 0.1) is 0 Å². The van der Waals surface area contributed by atoms with Crippen molar-refractivity contribution in [2.45, 2.75) is 26.1 Å². The fourth-order valence-corrected chi connectivity index (χ4v) is 1.64. The van der Waals surface area contributed by atoms with E-state index in [1.54, 1.807) is 0 Å². The highest BCUT2D eigenvalue weighted by atomic mass is 19.4. The fraction of sp³-hybridized carbons (Fsp3) is 0.333. The van der Waals surface area contributed by atoms with Gasteiger partial charge in [-0.15, -0.1) is 0 Å². The standard InChI is InChI=1S/C15H16F3NO4/c1-9(7-13(20)23-10(2)14(21)22-3)19-12-6-4-5-11(8-12)15(16,17)18/h4-8,10,19H,1-3H3/b9-7+/t10-/m1/s1. The predicted octanol–water partition coefficient (Wildman–Crippen LogP) is 3.13. The van der Waals surface area contributed by atoms with Crippen molar-refractivity contribution in [1.29, 1.82) is 0 Å². The summed E-state index contributed by atoms with van der Waals surface area (Å²) in [5.41, 5.74) is -0.383. The molecule has 0 radical (unpaired) electrons. The smallest absolute Gasteiger partial charge is 0.416 e. The first-order chi connectivity index (χ1) is 10.6. The molecule has 0 aliphatic rings. The van der Waals surface area contributed by atoms with Gasteiger partial charge in [0.1, 0.15) is 0 Å². The molecule has 0 unspecified atom stereocenters. The summed E-state index contributed by atoms with van der Waals surface area (Å²) in [6, 6.07) is 4.53. The number of hydrogen-bond donors (Lipinski definition) is 1. The number of hydrogen-bond acceptors (Lipinski definition) is 5. The van der Waals surface area contributed by atoms with Crippen molar-refractivity contribution >= 4 is 17.6 Å². The molecule has 0 saturated carbocycles. The topological polar surface area (TPSA) is 64.6 Å². The number of allylic oxidation sites excluding steroid dienone is 1. The minimum absolute atomic E-state index is 0.169. The van der Waals surface area contributed by atoms with Crippen LogP contribution in [0.4, 0.5) is 18.9 Å². The molecular weight excluding hydrogens is 315 g/mol. The molecule has 0 saturated heterocycles. The molecule has 126 valence electrons. The van der Waals surface area contributed by atoms with Crippen LogP contribution in [-0.4, -0.2) is 25.2 Å². The van der Waals surface area contributed by atoms with Crippen molar-refractivity contribution in [1.82, 2.24) is 0 Å². The lowest BCUT2D eigenvalue weighted by molar-refractivity contribution is -0.161. The van der Waals surface area contributed by atoms with E-state index in [0.29, 0.717) is 0 Å². The summed E-state index contributed by atoms with van der Waals surface area (Å²) in [5.74, 6) is -1.53. The van der Waals surface area contributed by atoms with Gasteiger partial charge in [0.15, 0.2) is 6.10 Å². The van der Waals surface area contributed by atoms with E-state index < -0.39 is 29.8 Å². The van der Waals surface area contributed by atoms with Crippen molar-refractivity contribution in [2.24, 2.45) is 0 Å². The second-order valence-corrected chi connectivity index (χ2v) is 4.63. The Morgan fingerprint density at radius 3 is 2.52 bits per heavy atom. The molecule has 8 heteroatoms. The second kappa shape index (κ2) is 7.66. The van der Waals surface area contributed by atoms with Crippen LogP contribution in [0.15, 0.2) is 36.0 Å². The molecule has 1 rings (SSSR count). The SMILES string of the molecule is COC(=O)[C@@H](C)OC(=O)/C=C(\C)Nc1cccc(C(F)(F)F)c1. The fourth-order valence-electron chi connectivity index (χ4n) is 1.64. The molecular formula is C15H16F3NO4. The van der Waals surface area contributed by atoms with Crippen molar-refractivity contribution < 1.29 is 32.2 Å². The zero-order valence-electron chi connectivity index (χ0n) is 12.7. The van der Waals surface area contributed by atoms with Gasteiger partial charge in [0, 0.05) is 17.5 Å². The molecule has 0 fully saturated rings. The van der Waals surface area contributed by atoms with Crippen LogP contribution in [-0.2, 0) is 25.2 Å². The average Bonchev–Trinajstić information content (AvgIpc) is 2.45. The summed E-state index contributed by atoms with van der Waals surface area (Å²) < 4.78 is 47.0. The van der Waals surface area contributed by atoms with E-state index in [9.17, 15) is 22.8 Å². The normalized spacial score (nSPS) is 13.2. The molecule has 0 heterocycles. The molecule has 1 aromatic carbocycles. The predicted molar refractivity (Wildman–Crippen MR) is 76.4 cm³/mol. The molecule has 0 spiro atoms. The molecule has 0 aliphatic carbocycles. The molecule has 0 aliphatic heterocycles. The highest BCUT2D eigenvalue weighted by molar-refractivity contribution is 5.86. The van der Waals surface area contributed by atoms with Gasteiger partial charge in [-0.05, 0) is 32.0 Å². The van der Waals surface area contributed by atoms with Gasteiger partial charge in [0.25, 0.3) is 0 Å². The summed E-state index contributed by atoms with van der Waals surface area (Å²) in [4.78, 5) is 22.7. The van der Waals surface area contributed by atoms with Gasteiger partial charge in [-0.3, -0.25) is 0 Å². The number of carbonyl (C=O) groups excluding carboxylic acids is 2. The van der Waals surface area contributed by atoms with Crippen molar-refractivity contribution in [3.63, 3.8) is 0 Å². The molecule has 1 atom stereocenters. The third kappa shape index (κ3) is 6.01. The van der Waals surface area contributed by atoms with Gasteiger partial charge in [0.2, 0.25) is 0 Å². The Hall–Kier alpha value is -2.51. The number of halogens is 3.